The molecule has 1 amide bonds. The Kier molecular flexibility index (Phi) is 7.32. The standard InChI is InChI=1S/C9H7F3O3S.C9H11NO/c10-9(11,12)8-3-1-7(2-4-8)5-6-16(13,14)15;1-6-3-4-8(9(10)11)7(2)5-6/h1-6H,(H,13,14,15);3-5H,1-2H3,(H2,10,11)/b6-5+;. The fourth-order valence-corrected chi connectivity index (χ4v) is 2.37. The van der Waals surface area contributed by atoms with Crippen molar-refractivity contribution < 1.29 is 30.9 Å². The molecule has 0 bridgehead atoms. The number of primary amides is 1. The second kappa shape index (κ2) is 8.83. The van der Waals surface area contributed by atoms with Crippen LogP contribution in [0.2, 0.25) is 0 Å². The maximum absolute atomic E-state index is 12.1. The number of aryl methyl sites for hydroxylation is 2. The minimum absolute atomic E-state index is 0.241. The lowest BCUT2D eigenvalue weighted by Gasteiger charge is -2.05. The van der Waals surface area contributed by atoms with Gasteiger partial charge in [-0.1, -0.05) is 29.8 Å². The van der Waals surface area contributed by atoms with Crippen LogP contribution in [0.15, 0.2) is 47.9 Å². The Hall–Kier alpha value is -2.65. The summed E-state index contributed by atoms with van der Waals surface area (Å²) in [6.45, 7) is 3.87. The predicted molar refractivity (Wildman–Crippen MR) is 96.5 cm³/mol. The van der Waals surface area contributed by atoms with Gasteiger partial charge in [-0.05, 0) is 49.2 Å². The highest BCUT2D eigenvalue weighted by Crippen LogP contribution is 2.29. The van der Waals surface area contributed by atoms with Crippen molar-refractivity contribution in [2.24, 2.45) is 5.73 Å². The molecular weight excluding hydrogens is 383 g/mol. The molecule has 0 saturated heterocycles. The Bertz CT molecular complexity index is 934. The molecule has 146 valence electrons. The summed E-state index contributed by atoms with van der Waals surface area (Å²) in [5.41, 5.74) is 7.24. The lowest BCUT2D eigenvalue weighted by atomic mass is 10.1. The van der Waals surface area contributed by atoms with Gasteiger partial charge in [-0.25, -0.2) is 0 Å². The van der Waals surface area contributed by atoms with Crippen LogP contribution in [-0.2, 0) is 16.3 Å². The number of nitrogens with two attached hydrogens (primary N) is 1. The molecule has 3 N–H and O–H groups in total. The first kappa shape index (κ1) is 22.4. The van der Waals surface area contributed by atoms with Crippen molar-refractivity contribution in [3.05, 3.63) is 75.7 Å². The third-order valence-corrected chi connectivity index (χ3v) is 3.80. The molecule has 0 fully saturated rings. The van der Waals surface area contributed by atoms with E-state index in [9.17, 15) is 26.4 Å². The topological polar surface area (TPSA) is 97.5 Å². The molecule has 27 heavy (non-hydrogen) atoms. The first-order chi connectivity index (χ1) is 12.3. The van der Waals surface area contributed by atoms with E-state index in [1.807, 2.05) is 26.0 Å². The van der Waals surface area contributed by atoms with E-state index in [-0.39, 0.29) is 11.5 Å². The Labute approximate surface area is 155 Å². The molecule has 2 aromatic carbocycles. The van der Waals surface area contributed by atoms with Gasteiger partial charge in [0, 0.05) is 5.56 Å². The van der Waals surface area contributed by atoms with Gasteiger partial charge in [0.2, 0.25) is 5.91 Å². The number of hydrogen-bond acceptors (Lipinski definition) is 3. The molecule has 0 aromatic heterocycles. The number of alkyl halides is 3. The second-order valence-corrected chi connectivity index (χ2v) is 6.92. The van der Waals surface area contributed by atoms with E-state index in [4.69, 9.17) is 10.3 Å². The number of carbonyl (C=O) groups excluding carboxylic acids is 1. The molecule has 0 spiro atoms. The van der Waals surface area contributed by atoms with Crippen molar-refractivity contribution in [3.8, 4) is 0 Å². The van der Waals surface area contributed by atoms with Crippen molar-refractivity contribution in [3.63, 3.8) is 0 Å². The fourth-order valence-electron chi connectivity index (χ4n) is 2.04. The van der Waals surface area contributed by atoms with Gasteiger partial charge in [0.05, 0.1) is 11.0 Å². The van der Waals surface area contributed by atoms with Crippen LogP contribution in [0.25, 0.3) is 6.08 Å². The maximum atomic E-state index is 12.1. The zero-order chi connectivity index (χ0) is 20.8. The van der Waals surface area contributed by atoms with Gasteiger partial charge in [0.15, 0.2) is 0 Å². The van der Waals surface area contributed by atoms with Crippen LogP contribution in [0.5, 0.6) is 0 Å². The lowest BCUT2D eigenvalue weighted by Crippen LogP contribution is -2.12. The summed E-state index contributed by atoms with van der Waals surface area (Å²) in [6, 6.07) is 9.43. The number of amides is 1. The highest BCUT2D eigenvalue weighted by molar-refractivity contribution is 7.88. The highest BCUT2D eigenvalue weighted by atomic mass is 32.2. The minimum atomic E-state index is -4.43. The molecule has 0 saturated carbocycles. The van der Waals surface area contributed by atoms with Crippen LogP contribution in [0.3, 0.4) is 0 Å². The molecule has 0 aliphatic rings. The maximum Gasteiger partial charge on any atom is 0.416 e. The lowest BCUT2D eigenvalue weighted by molar-refractivity contribution is -0.137. The van der Waals surface area contributed by atoms with Crippen molar-refractivity contribution in [1.29, 1.82) is 0 Å². The zero-order valence-electron chi connectivity index (χ0n) is 14.5. The number of benzene rings is 2. The van der Waals surface area contributed by atoms with E-state index < -0.39 is 21.9 Å². The average molecular weight is 401 g/mol. The van der Waals surface area contributed by atoms with E-state index in [2.05, 4.69) is 0 Å². The Morgan fingerprint density at radius 3 is 2.04 bits per heavy atom. The van der Waals surface area contributed by atoms with Crippen LogP contribution in [0.4, 0.5) is 13.2 Å². The molecule has 0 aliphatic carbocycles. The average Bonchev–Trinajstić information content (AvgIpc) is 2.52. The van der Waals surface area contributed by atoms with Crippen LogP contribution < -0.4 is 5.73 Å². The molecule has 0 heterocycles. The summed E-state index contributed by atoms with van der Waals surface area (Å²) in [4.78, 5) is 10.8. The normalized spacial score (nSPS) is 11.8. The second-order valence-electron chi connectivity index (χ2n) is 5.62. The van der Waals surface area contributed by atoms with Crippen molar-refractivity contribution in [1.82, 2.24) is 0 Å². The Morgan fingerprint density at radius 2 is 1.63 bits per heavy atom. The van der Waals surface area contributed by atoms with Crippen molar-refractivity contribution in [2.45, 2.75) is 20.0 Å². The first-order valence-corrected chi connectivity index (χ1v) is 9.00. The summed E-state index contributed by atoms with van der Waals surface area (Å²) < 4.78 is 65.4. The van der Waals surface area contributed by atoms with E-state index in [0.717, 1.165) is 41.5 Å². The van der Waals surface area contributed by atoms with Crippen LogP contribution in [0.1, 0.15) is 32.6 Å². The van der Waals surface area contributed by atoms with Gasteiger partial charge in [0.25, 0.3) is 10.1 Å². The smallest absolute Gasteiger partial charge is 0.366 e. The number of hydrogen-bond donors (Lipinski definition) is 2. The molecule has 0 aliphatic heterocycles. The van der Waals surface area contributed by atoms with Gasteiger partial charge >= 0.3 is 6.18 Å². The molecule has 9 heteroatoms. The highest BCUT2D eigenvalue weighted by Gasteiger charge is 2.29. The van der Waals surface area contributed by atoms with E-state index in [0.29, 0.717) is 11.0 Å². The van der Waals surface area contributed by atoms with E-state index >= 15 is 0 Å². The number of halogens is 3. The third-order valence-electron chi connectivity index (χ3n) is 3.32. The predicted octanol–water partition coefficient (Wildman–Crippen LogP) is 3.97. The molecule has 2 aromatic rings. The zero-order valence-corrected chi connectivity index (χ0v) is 15.3. The summed E-state index contributed by atoms with van der Waals surface area (Å²) >= 11 is 0. The SMILES string of the molecule is Cc1ccc(C(N)=O)c(C)c1.O=S(=O)(O)/C=C/c1ccc(C(F)(F)F)cc1. The van der Waals surface area contributed by atoms with Gasteiger partial charge < -0.3 is 5.73 Å². The van der Waals surface area contributed by atoms with Gasteiger partial charge in [-0.3, -0.25) is 9.35 Å². The van der Waals surface area contributed by atoms with E-state index in [1.54, 1.807) is 6.07 Å². The van der Waals surface area contributed by atoms with Gasteiger partial charge in [-0.15, -0.1) is 0 Å². The van der Waals surface area contributed by atoms with Crippen molar-refractivity contribution in [2.75, 3.05) is 0 Å². The summed E-state index contributed by atoms with van der Waals surface area (Å²) in [5, 5.41) is 0.496. The van der Waals surface area contributed by atoms with Crippen LogP contribution >= 0.6 is 0 Å². The molecule has 0 atom stereocenters. The Balaban J connectivity index is 0.000000289. The summed E-state index contributed by atoms with van der Waals surface area (Å²) in [7, 11) is -4.26. The fraction of sp³-hybridized carbons (Fsp3) is 0.167. The number of rotatable bonds is 3. The quantitative estimate of drug-likeness (QED) is 0.761. The van der Waals surface area contributed by atoms with Crippen LogP contribution in [0, 0.1) is 13.8 Å². The monoisotopic (exact) mass is 401 g/mol. The van der Waals surface area contributed by atoms with Crippen molar-refractivity contribution >= 4 is 22.1 Å². The van der Waals surface area contributed by atoms with Crippen LogP contribution in [-0.4, -0.2) is 18.9 Å². The minimum Gasteiger partial charge on any atom is -0.366 e. The van der Waals surface area contributed by atoms with Gasteiger partial charge in [0.1, 0.15) is 0 Å². The molecule has 0 radical (unpaired) electrons. The largest absolute Gasteiger partial charge is 0.416 e. The van der Waals surface area contributed by atoms with E-state index in [1.165, 1.54) is 0 Å². The molecule has 2 rings (SSSR count). The van der Waals surface area contributed by atoms with Gasteiger partial charge in [-0.2, -0.15) is 21.6 Å². The number of carbonyl (C=O) groups is 1. The Morgan fingerprint density at radius 1 is 1.07 bits per heavy atom. The summed E-state index contributed by atoms with van der Waals surface area (Å²) in [5.74, 6) is -0.359. The first-order valence-electron chi connectivity index (χ1n) is 7.49. The molecular formula is C18H18F3NO4S. The molecule has 0 unspecified atom stereocenters. The third kappa shape index (κ3) is 8.06. The summed E-state index contributed by atoms with van der Waals surface area (Å²) in [6.07, 6.45) is -3.43. The molecule has 5 nitrogen and oxygen atoms in total.